The Morgan fingerprint density at radius 1 is 1.12 bits per heavy atom. The van der Waals surface area contributed by atoms with Crippen LogP contribution >= 0.6 is 0 Å². The van der Waals surface area contributed by atoms with Crippen molar-refractivity contribution in [1.29, 1.82) is 0 Å². The number of carbonyl (C=O) groups excluding carboxylic acids is 1. The Morgan fingerprint density at radius 3 is 2.08 bits per heavy atom. The van der Waals surface area contributed by atoms with Crippen molar-refractivity contribution in [2.75, 3.05) is 19.0 Å². The first-order valence-electron chi connectivity index (χ1n) is 8.69. The fraction of sp³-hybridized carbons (Fsp3) is 0.650. The molecular formula is C20H33NO3. The lowest BCUT2D eigenvalue weighted by Crippen LogP contribution is -2.43. The van der Waals surface area contributed by atoms with Crippen molar-refractivity contribution in [1.82, 2.24) is 0 Å². The number of nitrogens with one attached hydrogen (secondary N) is 1. The van der Waals surface area contributed by atoms with Crippen LogP contribution in [-0.4, -0.2) is 25.2 Å². The zero-order chi connectivity index (χ0) is 18.5. The molecule has 1 N–H and O–H groups in total. The summed E-state index contributed by atoms with van der Waals surface area (Å²) < 4.78 is 11.4. The predicted octanol–water partition coefficient (Wildman–Crippen LogP) is 4.73. The third kappa shape index (κ3) is 5.52. The summed E-state index contributed by atoms with van der Waals surface area (Å²) in [5, 5.41) is 2.99. The molecule has 0 aliphatic rings. The van der Waals surface area contributed by atoms with Crippen molar-refractivity contribution in [2.45, 2.75) is 60.5 Å². The SMILES string of the molecule is COC(C)(CC(C)C)C(=O)Nc1cc(C)c(OCC(C)C)c(C)c1. The van der Waals surface area contributed by atoms with Gasteiger partial charge < -0.3 is 14.8 Å². The third-order valence-corrected chi connectivity index (χ3v) is 4.01. The van der Waals surface area contributed by atoms with Crippen molar-refractivity contribution < 1.29 is 14.3 Å². The molecule has 0 saturated heterocycles. The smallest absolute Gasteiger partial charge is 0.256 e. The summed E-state index contributed by atoms with van der Waals surface area (Å²) in [6.07, 6.45) is 0.670. The second kappa shape index (κ2) is 8.52. The number of rotatable bonds is 8. The summed E-state index contributed by atoms with van der Waals surface area (Å²) in [5.74, 6) is 1.63. The molecule has 0 fully saturated rings. The number of ether oxygens (including phenoxy) is 2. The number of aryl methyl sites for hydroxylation is 2. The molecule has 0 aliphatic carbocycles. The van der Waals surface area contributed by atoms with Crippen LogP contribution in [0.4, 0.5) is 5.69 Å². The standard InChI is InChI=1S/C20H33NO3/c1-13(2)11-20(7,23-8)19(22)21-17-9-15(5)18(16(6)10-17)24-12-14(3)4/h9-10,13-14H,11-12H2,1-8H3,(H,21,22). The Kier molecular flexibility index (Phi) is 7.27. The van der Waals surface area contributed by atoms with Crippen molar-refractivity contribution in [2.24, 2.45) is 11.8 Å². The summed E-state index contributed by atoms with van der Waals surface area (Å²) >= 11 is 0. The molecule has 1 rings (SSSR count). The topological polar surface area (TPSA) is 47.6 Å². The predicted molar refractivity (Wildman–Crippen MR) is 99.7 cm³/mol. The molecule has 4 heteroatoms. The van der Waals surface area contributed by atoms with Gasteiger partial charge in [-0.3, -0.25) is 4.79 Å². The van der Waals surface area contributed by atoms with E-state index in [1.54, 1.807) is 7.11 Å². The molecule has 4 nitrogen and oxygen atoms in total. The fourth-order valence-corrected chi connectivity index (χ4v) is 2.81. The molecule has 24 heavy (non-hydrogen) atoms. The van der Waals surface area contributed by atoms with Gasteiger partial charge in [0.15, 0.2) is 0 Å². The van der Waals surface area contributed by atoms with Gasteiger partial charge in [-0.2, -0.15) is 0 Å². The Balaban J connectivity index is 2.94. The van der Waals surface area contributed by atoms with E-state index in [1.165, 1.54) is 0 Å². The molecule has 0 radical (unpaired) electrons. The lowest BCUT2D eigenvalue weighted by Gasteiger charge is -2.28. The number of benzene rings is 1. The molecule has 136 valence electrons. The van der Waals surface area contributed by atoms with E-state index in [9.17, 15) is 4.79 Å². The van der Waals surface area contributed by atoms with Crippen molar-refractivity contribution >= 4 is 11.6 Å². The highest BCUT2D eigenvalue weighted by Crippen LogP contribution is 2.29. The monoisotopic (exact) mass is 335 g/mol. The van der Waals surface area contributed by atoms with E-state index in [1.807, 2.05) is 32.9 Å². The number of carbonyl (C=O) groups is 1. The summed E-state index contributed by atoms with van der Waals surface area (Å²) in [5.41, 5.74) is 1.99. The van der Waals surface area contributed by atoms with Gasteiger partial charge in [0.2, 0.25) is 0 Å². The first-order chi connectivity index (χ1) is 11.1. The molecular weight excluding hydrogens is 302 g/mol. The van der Waals surface area contributed by atoms with Gasteiger partial charge in [0.25, 0.3) is 5.91 Å². The van der Waals surface area contributed by atoms with Crippen LogP contribution in [0.1, 0.15) is 52.2 Å². The third-order valence-electron chi connectivity index (χ3n) is 4.01. The second-order valence-corrected chi connectivity index (χ2v) is 7.63. The highest BCUT2D eigenvalue weighted by Gasteiger charge is 2.34. The Morgan fingerprint density at radius 2 is 1.67 bits per heavy atom. The number of hydrogen-bond acceptors (Lipinski definition) is 3. The van der Waals surface area contributed by atoms with Crippen LogP contribution in [0.25, 0.3) is 0 Å². The summed E-state index contributed by atoms with van der Waals surface area (Å²) in [7, 11) is 1.58. The molecule has 1 atom stereocenters. The molecule has 1 aromatic carbocycles. The lowest BCUT2D eigenvalue weighted by atomic mass is 9.93. The van der Waals surface area contributed by atoms with E-state index in [2.05, 4.69) is 33.0 Å². The molecule has 0 spiro atoms. The first kappa shape index (κ1) is 20.5. The van der Waals surface area contributed by atoms with E-state index in [4.69, 9.17) is 9.47 Å². The van der Waals surface area contributed by atoms with Crippen LogP contribution in [0, 0.1) is 25.7 Å². The largest absolute Gasteiger partial charge is 0.493 e. The van der Waals surface area contributed by atoms with Crippen LogP contribution in [0.5, 0.6) is 5.75 Å². The van der Waals surface area contributed by atoms with Crippen LogP contribution in [0.2, 0.25) is 0 Å². The van der Waals surface area contributed by atoms with E-state index in [-0.39, 0.29) is 5.91 Å². The van der Waals surface area contributed by atoms with Gasteiger partial charge >= 0.3 is 0 Å². The maximum Gasteiger partial charge on any atom is 0.256 e. The van der Waals surface area contributed by atoms with E-state index in [0.29, 0.717) is 24.9 Å². The molecule has 0 aromatic heterocycles. The van der Waals surface area contributed by atoms with Gasteiger partial charge in [0, 0.05) is 12.8 Å². The van der Waals surface area contributed by atoms with Crippen LogP contribution in [0.15, 0.2) is 12.1 Å². The lowest BCUT2D eigenvalue weighted by molar-refractivity contribution is -0.137. The first-order valence-corrected chi connectivity index (χ1v) is 8.69. The van der Waals surface area contributed by atoms with Gasteiger partial charge in [0.1, 0.15) is 11.4 Å². The maximum absolute atomic E-state index is 12.7. The Bertz CT molecular complexity index is 543. The Labute approximate surface area is 146 Å². The summed E-state index contributed by atoms with van der Waals surface area (Å²) in [6.45, 7) is 14.9. The molecule has 0 aliphatic heterocycles. The molecule has 1 unspecified atom stereocenters. The van der Waals surface area contributed by atoms with Crippen LogP contribution < -0.4 is 10.1 Å². The molecule has 0 bridgehead atoms. The number of hydrogen-bond donors (Lipinski definition) is 1. The summed E-state index contributed by atoms with van der Waals surface area (Å²) in [4.78, 5) is 12.7. The highest BCUT2D eigenvalue weighted by atomic mass is 16.5. The van der Waals surface area contributed by atoms with E-state index >= 15 is 0 Å². The van der Waals surface area contributed by atoms with Crippen molar-refractivity contribution in [3.8, 4) is 5.75 Å². The van der Waals surface area contributed by atoms with Crippen LogP contribution in [0.3, 0.4) is 0 Å². The van der Waals surface area contributed by atoms with Gasteiger partial charge in [-0.15, -0.1) is 0 Å². The van der Waals surface area contributed by atoms with Gasteiger partial charge in [-0.25, -0.2) is 0 Å². The quantitative estimate of drug-likeness (QED) is 0.747. The summed E-state index contributed by atoms with van der Waals surface area (Å²) in [6, 6.07) is 3.90. The second-order valence-electron chi connectivity index (χ2n) is 7.63. The van der Waals surface area contributed by atoms with E-state index in [0.717, 1.165) is 22.6 Å². The zero-order valence-corrected chi connectivity index (χ0v) is 16.4. The Hall–Kier alpha value is -1.55. The molecule has 0 heterocycles. The maximum atomic E-state index is 12.7. The molecule has 1 aromatic rings. The van der Waals surface area contributed by atoms with Gasteiger partial charge in [-0.1, -0.05) is 27.7 Å². The number of methoxy groups -OCH3 is 1. The minimum Gasteiger partial charge on any atom is -0.493 e. The molecule has 1 amide bonds. The minimum atomic E-state index is -0.831. The average Bonchev–Trinajstić information content (AvgIpc) is 2.45. The van der Waals surface area contributed by atoms with Gasteiger partial charge in [0.05, 0.1) is 6.61 Å². The minimum absolute atomic E-state index is 0.117. The number of amides is 1. The highest BCUT2D eigenvalue weighted by molar-refractivity contribution is 5.97. The van der Waals surface area contributed by atoms with Gasteiger partial charge in [-0.05, 0) is 62.3 Å². The average molecular weight is 335 g/mol. The van der Waals surface area contributed by atoms with E-state index < -0.39 is 5.60 Å². The fourth-order valence-electron chi connectivity index (χ4n) is 2.81. The molecule has 0 saturated carbocycles. The number of anilines is 1. The van der Waals surface area contributed by atoms with Crippen LogP contribution in [-0.2, 0) is 9.53 Å². The normalized spacial score (nSPS) is 13.9. The van der Waals surface area contributed by atoms with Crippen molar-refractivity contribution in [3.05, 3.63) is 23.3 Å². The zero-order valence-electron chi connectivity index (χ0n) is 16.4. The van der Waals surface area contributed by atoms with Crippen molar-refractivity contribution in [3.63, 3.8) is 0 Å².